The Morgan fingerprint density at radius 3 is 2.57 bits per heavy atom. The number of nitrogens with one attached hydrogen (secondary N) is 1. The van der Waals surface area contributed by atoms with Crippen LogP contribution in [0.3, 0.4) is 0 Å². The highest BCUT2D eigenvalue weighted by Crippen LogP contribution is 2.31. The number of ether oxygens (including phenoxy) is 1. The van der Waals surface area contributed by atoms with E-state index < -0.39 is 6.04 Å². The summed E-state index contributed by atoms with van der Waals surface area (Å²) in [7, 11) is 1.56. The molecule has 0 bridgehead atoms. The average molecular weight is 468 g/mol. The van der Waals surface area contributed by atoms with Crippen molar-refractivity contribution in [2.24, 2.45) is 0 Å². The topological polar surface area (TPSA) is 90.5 Å². The van der Waals surface area contributed by atoms with E-state index in [0.29, 0.717) is 39.4 Å². The molecule has 1 amide bonds. The van der Waals surface area contributed by atoms with Crippen molar-refractivity contribution in [1.29, 1.82) is 0 Å². The van der Waals surface area contributed by atoms with Crippen LogP contribution in [-0.4, -0.2) is 32.2 Å². The molecule has 0 unspecified atom stereocenters. The van der Waals surface area contributed by atoms with E-state index in [2.05, 4.69) is 15.4 Å². The molecule has 8 heteroatoms. The smallest absolute Gasteiger partial charge is 0.267 e. The van der Waals surface area contributed by atoms with Crippen molar-refractivity contribution in [3.05, 3.63) is 99.9 Å². The van der Waals surface area contributed by atoms with Gasteiger partial charge in [-0.15, -0.1) is 0 Å². The third-order valence-electron chi connectivity index (χ3n) is 6.26. The van der Waals surface area contributed by atoms with Gasteiger partial charge in [0.15, 0.2) is 5.65 Å². The molecule has 2 aromatic carbocycles. The molecule has 0 aliphatic rings. The molecule has 0 saturated carbocycles. The van der Waals surface area contributed by atoms with Crippen molar-refractivity contribution in [3.63, 3.8) is 0 Å². The van der Waals surface area contributed by atoms with Crippen molar-refractivity contribution in [2.45, 2.75) is 26.8 Å². The Morgan fingerprint density at radius 1 is 1.06 bits per heavy atom. The van der Waals surface area contributed by atoms with E-state index in [0.717, 1.165) is 10.9 Å². The summed E-state index contributed by atoms with van der Waals surface area (Å²) in [6.07, 6.45) is 3.38. The number of pyridine rings is 1. The summed E-state index contributed by atoms with van der Waals surface area (Å²) in [6, 6.07) is 16.2. The van der Waals surface area contributed by atoms with Gasteiger partial charge in [-0.2, -0.15) is 5.10 Å². The van der Waals surface area contributed by atoms with E-state index in [-0.39, 0.29) is 11.5 Å². The molecule has 176 valence electrons. The van der Waals surface area contributed by atoms with Crippen molar-refractivity contribution < 1.29 is 9.53 Å². The number of hydrogen-bond acceptors (Lipinski definition) is 5. The Hall–Kier alpha value is -4.46. The van der Waals surface area contributed by atoms with Crippen LogP contribution < -0.4 is 15.6 Å². The maximum Gasteiger partial charge on any atom is 0.267 e. The van der Waals surface area contributed by atoms with Gasteiger partial charge in [-0.1, -0.05) is 30.3 Å². The number of methoxy groups -OCH3 is 1. The van der Waals surface area contributed by atoms with Gasteiger partial charge in [-0.05, 0) is 56.0 Å². The molecule has 35 heavy (non-hydrogen) atoms. The number of nitrogens with zero attached hydrogens (tertiary/aromatic N) is 4. The number of fused-ring (bicyclic) bond motifs is 2. The zero-order valence-corrected chi connectivity index (χ0v) is 19.9. The first kappa shape index (κ1) is 22.3. The molecule has 5 aromatic rings. The second-order valence-corrected chi connectivity index (χ2v) is 8.41. The quantitative estimate of drug-likeness (QED) is 0.419. The SMILES string of the molecule is COc1cccc2c(C)c([C@H](C)NC(=O)c3c(C)nn4cccnc34)n(-c3ccccc3)c(=O)c12. The van der Waals surface area contributed by atoms with E-state index in [1.807, 2.05) is 56.3 Å². The maximum absolute atomic E-state index is 13.9. The summed E-state index contributed by atoms with van der Waals surface area (Å²) in [5.74, 6) is 0.206. The summed E-state index contributed by atoms with van der Waals surface area (Å²) in [6.45, 7) is 5.61. The van der Waals surface area contributed by atoms with Gasteiger partial charge >= 0.3 is 0 Å². The molecular formula is C27H25N5O3. The molecule has 1 N–H and O–H groups in total. The number of carbonyl (C=O) groups is 1. The van der Waals surface area contributed by atoms with Gasteiger partial charge in [0.25, 0.3) is 11.5 Å². The van der Waals surface area contributed by atoms with E-state index in [1.54, 1.807) is 47.6 Å². The average Bonchev–Trinajstić information content (AvgIpc) is 3.21. The fourth-order valence-corrected chi connectivity index (χ4v) is 4.71. The summed E-state index contributed by atoms with van der Waals surface area (Å²) in [5.41, 5.74) is 3.54. The maximum atomic E-state index is 13.9. The van der Waals surface area contributed by atoms with Gasteiger partial charge < -0.3 is 10.1 Å². The van der Waals surface area contributed by atoms with Gasteiger partial charge in [0.05, 0.1) is 29.9 Å². The number of para-hydroxylation sites is 1. The molecule has 0 spiro atoms. The van der Waals surface area contributed by atoms with Gasteiger partial charge in [0, 0.05) is 18.1 Å². The van der Waals surface area contributed by atoms with Crippen LogP contribution in [0.5, 0.6) is 5.75 Å². The molecule has 0 fully saturated rings. The highest BCUT2D eigenvalue weighted by Gasteiger charge is 2.25. The number of rotatable bonds is 5. The summed E-state index contributed by atoms with van der Waals surface area (Å²) in [4.78, 5) is 31.6. The summed E-state index contributed by atoms with van der Waals surface area (Å²) < 4.78 is 8.77. The van der Waals surface area contributed by atoms with Crippen LogP contribution in [0.25, 0.3) is 22.1 Å². The lowest BCUT2D eigenvalue weighted by atomic mass is 9.99. The molecule has 0 aliphatic carbocycles. The van der Waals surface area contributed by atoms with Crippen LogP contribution in [0.2, 0.25) is 0 Å². The standard InChI is InChI=1S/C27H25N5O3/c1-16-20-12-8-13-21(35-4)23(20)27(34)32(19-10-6-5-7-11-19)24(16)18(3)29-26(33)22-17(2)30-31-15-9-14-28-25(22)31/h5-15,18H,1-4H3,(H,29,33)/t18-/m0/s1. The highest BCUT2D eigenvalue weighted by atomic mass is 16.5. The molecule has 0 radical (unpaired) electrons. The van der Waals surface area contributed by atoms with Crippen molar-refractivity contribution in [1.82, 2.24) is 24.5 Å². The van der Waals surface area contributed by atoms with Crippen LogP contribution in [0.1, 0.15) is 40.3 Å². The lowest BCUT2D eigenvalue weighted by Gasteiger charge is -2.24. The summed E-state index contributed by atoms with van der Waals surface area (Å²) in [5, 5.41) is 8.76. The second kappa shape index (κ2) is 8.72. The third-order valence-corrected chi connectivity index (χ3v) is 6.26. The van der Waals surface area contributed by atoms with E-state index >= 15 is 0 Å². The zero-order chi connectivity index (χ0) is 24.7. The normalized spacial score (nSPS) is 12.1. The number of aryl methyl sites for hydroxylation is 2. The first-order valence-electron chi connectivity index (χ1n) is 11.3. The van der Waals surface area contributed by atoms with Crippen molar-refractivity contribution in [2.75, 3.05) is 7.11 Å². The predicted octanol–water partition coefficient (Wildman–Crippen LogP) is 4.15. The van der Waals surface area contributed by atoms with E-state index in [1.165, 1.54) is 0 Å². The van der Waals surface area contributed by atoms with Crippen LogP contribution in [0.4, 0.5) is 0 Å². The molecule has 8 nitrogen and oxygen atoms in total. The van der Waals surface area contributed by atoms with Crippen molar-refractivity contribution >= 4 is 22.3 Å². The predicted molar refractivity (Wildman–Crippen MR) is 134 cm³/mol. The highest BCUT2D eigenvalue weighted by molar-refractivity contribution is 6.01. The minimum Gasteiger partial charge on any atom is -0.496 e. The van der Waals surface area contributed by atoms with Crippen LogP contribution in [0.15, 0.2) is 71.8 Å². The second-order valence-electron chi connectivity index (χ2n) is 8.41. The number of carbonyl (C=O) groups excluding carboxylic acids is 1. The lowest BCUT2D eigenvalue weighted by Crippen LogP contribution is -2.33. The fraction of sp³-hybridized carbons (Fsp3) is 0.185. The number of amides is 1. The monoisotopic (exact) mass is 467 g/mol. The van der Waals surface area contributed by atoms with Crippen LogP contribution in [0, 0.1) is 13.8 Å². The largest absolute Gasteiger partial charge is 0.496 e. The Balaban J connectivity index is 1.69. The Morgan fingerprint density at radius 2 is 1.83 bits per heavy atom. The van der Waals surface area contributed by atoms with Crippen molar-refractivity contribution in [3.8, 4) is 11.4 Å². The van der Waals surface area contributed by atoms with Gasteiger partial charge in [-0.3, -0.25) is 14.2 Å². The van der Waals surface area contributed by atoms with Crippen LogP contribution >= 0.6 is 0 Å². The van der Waals surface area contributed by atoms with Gasteiger partial charge in [-0.25, -0.2) is 9.50 Å². The molecule has 0 saturated heterocycles. The Kier molecular flexibility index (Phi) is 5.56. The first-order valence-corrected chi connectivity index (χ1v) is 11.3. The number of benzene rings is 2. The molecule has 1 atom stereocenters. The molecule has 3 aromatic heterocycles. The van der Waals surface area contributed by atoms with Gasteiger partial charge in [0.1, 0.15) is 11.3 Å². The number of hydrogen-bond donors (Lipinski definition) is 1. The minimum atomic E-state index is -0.496. The third kappa shape index (κ3) is 3.63. The fourth-order valence-electron chi connectivity index (χ4n) is 4.71. The molecule has 0 aliphatic heterocycles. The number of aromatic nitrogens is 4. The van der Waals surface area contributed by atoms with Gasteiger partial charge in [0.2, 0.25) is 0 Å². The molecule has 3 heterocycles. The first-order chi connectivity index (χ1) is 16.9. The van der Waals surface area contributed by atoms with Crippen LogP contribution in [-0.2, 0) is 0 Å². The van der Waals surface area contributed by atoms with E-state index in [4.69, 9.17) is 4.74 Å². The molecular weight excluding hydrogens is 442 g/mol. The molecule has 5 rings (SSSR count). The minimum absolute atomic E-state index is 0.209. The zero-order valence-electron chi connectivity index (χ0n) is 19.9. The Bertz CT molecular complexity index is 1640. The Labute approximate surface area is 201 Å². The summed E-state index contributed by atoms with van der Waals surface area (Å²) >= 11 is 0. The van der Waals surface area contributed by atoms with E-state index in [9.17, 15) is 9.59 Å². The lowest BCUT2D eigenvalue weighted by molar-refractivity contribution is 0.0939.